The SMILES string of the molecule is C[C@H]1CC(=O)N(CC(=O)N(C)C2CCCCC2)c2cc(S(=O)(=O)N3CCCCC3)ccc2S1. The molecule has 1 saturated heterocycles. The Morgan fingerprint density at radius 2 is 1.76 bits per heavy atom. The molecule has 2 fully saturated rings. The van der Waals surface area contributed by atoms with Gasteiger partial charge < -0.3 is 9.80 Å². The number of nitrogens with zero attached hydrogens (tertiary/aromatic N) is 3. The predicted octanol–water partition coefficient (Wildman–Crippen LogP) is 3.87. The molecule has 0 radical (unpaired) electrons. The molecule has 9 heteroatoms. The highest BCUT2D eigenvalue weighted by Crippen LogP contribution is 2.40. The Bertz CT molecular complexity index is 985. The molecule has 3 aliphatic rings. The minimum Gasteiger partial charge on any atom is -0.341 e. The average molecular weight is 494 g/mol. The summed E-state index contributed by atoms with van der Waals surface area (Å²) in [5.74, 6) is -0.225. The molecule has 1 atom stereocenters. The number of carbonyl (C=O) groups is 2. The highest BCUT2D eigenvalue weighted by atomic mass is 32.2. The number of carbonyl (C=O) groups excluding carboxylic acids is 2. The van der Waals surface area contributed by atoms with E-state index in [-0.39, 0.29) is 34.5 Å². The van der Waals surface area contributed by atoms with Crippen molar-refractivity contribution in [3.63, 3.8) is 0 Å². The third-order valence-electron chi connectivity index (χ3n) is 7.07. The van der Waals surface area contributed by atoms with Gasteiger partial charge >= 0.3 is 0 Å². The van der Waals surface area contributed by atoms with Gasteiger partial charge in [0.1, 0.15) is 6.54 Å². The molecule has 2 aliphatic heterocycles. The number of benzene rings is 1. The lowest BCUT2D eigenvalue weighted by Crippen LogP contribution is -2.46. The summed E-state index contributed by atoms with van der Waals surface area (Å²) < 4.78 is 28.1. The van der Waals surface area contributed by atoms with Crippen LogP contribution < -0.4 is 4.90 Å². The summed E-state index contributed by atoms with van der Waals surface area (Å²) in [6.45, 7) is 2.99. The molecule has 7 nitrogen and oxygen atoms in total. The zero-order valence-electron chi connectivity index (χ0n) is 19.7. The van der Waals surface area contributed by atoms with Crippen LogP contribution in [0.4, 0.5) is 5.69 Å². The Morgan fingerprint density at radius 1 is 1.09 bits per heavy atom. The number of sulfonamides is 1. The predicted molar refractivity (Wildman–Crippen MR) is 131 cm³/mol. The molecule has 0 N–H and O–H groups in total. The fourth-order valence-electron chi connectivity index (χ4n) is 5.06. The van der Waals surface area contributed by atoms with E-state index in [4.69, 9.17) is 0 Å². The van der Waals surface area contributed by atoms with E-state index in [0.29, 0.717) is 25.2 Å². The Hall–Kier alpha value is -1.58. The molecule has 4 rings (SSSR count). The average Bonchev–Trinajstić information content (AvgIpc) is 2.94. The van der Waals surface area contributed by atoms with Crippen LogP contribution >= 0.6 is 11.8 Å². The first-order chi connectivity index (χ1) is 15.8. The first-order valence-corrected chi connectivity index (χ1v) is 14.5. The lowest BCUT2D eigenvalue weighted by Gasteiger charge is -2.33. The molecular weight excluding hydrogens is 458 g/mol. The zero-order chi connectivity index (χ0) is 23.6. The monoisotopic (exact) mass is 493 g/mol. The van der Waals surface area contributed by atoms with Gasteiger partial charge in [0.15, 0.2) is 0 Å². The van der Waals surface area contributed by atoms with Gasteiger partial charge in [-0.3, -0.25) is 9.59 Å². The van der Waals surface area contributed by atoms with Crippen LogP contribution in [0.2, 0.25) is 0 Å². The highest BCUT2D eigenvalue weighted by Gasteiger charge is 2.33. The number of rotatable bonds is 5. The van der Waals surface area contributed by atoms with E-state index in [1.54, 1.807) is 39.2 Å². The lowest BCUT2D eigenvalue weighted by molar-refractivity contribution is -0.132. The van der Waals surface area contributed by atoms with Crippen molar-refractivity contribution >= 4 is 39.3 Å². The van der Waals surface area contributed by atoms with Crippen molar-refractivity contribution in [2.75, 3.05) is 31.6 Å². The molecule has 1 aliphatic carbocycles. The van der Waals surface area contributed by atoms with Crippen molar-refractivity contribution in [3.05, 3.63) is 18.2 Å². The standard InChI is InChI=1S/C24H35N3O4S2/c1-18-15-23(28)27(17-24(29)25(2)19-9-5-3-6-10-19)21-16-20(11-12-22(21)32-18)33(30,31)26-13-7-4-8-14-26/h11-12,16,18-19H,3-10,13-15,17H2,1-2H3/t18-/m0/s1. The Kier molecular flexibility index (Phi) is 7.70. The first-order valence-electron chi connectivity index (χ1n) is 12.1. The van der Waals surface area contributed by atoms with E-state index in [1.807, 2.05) is 14.0 Å². The molecule has 1 aromatic carbocycles. The fourth-order valence-corrected chi connectivity index (χ4v) is 7.70. The van der Waals surface area contributed by atoms with Gasteiger partial charge in [0.2, 0.25) is 21.8 Å². The van der Waals surface area contributed by atoms with Gasteiger partial charge in [-0.25, -0.2) is 8.42 Å². The van der Waals surface area contributed by atoms with Crippen LogP contribution in [0.3, 0.4) is 0 Å². The number of amides is 2. The van der Waals surface area contributed by atoms with Gasteiger partial charge in [-0.1, -0.05) is 32.6 Å². The zero-order valence-corrected chi connectivity index (χ0v) is 21.3. The van der Waals surface area contributed by atoms with Gasteiger partial charge in [-0.05, 0) is 43.9 Å². The fraction of sp³-hybridized carbons (Fsp3) is 0.667. The Balaban J connectivity index is 1.63. The van der Waals surface area contributed by atoms with Gasteiger partial charge in [0, 0.05) is 42.7 Å². The van der Waals surface area contributed by atoms with Crippen LogP contribution in [0, 0.1) is 0 Å². The van der Waals surface area contributed by atoms with Crippen molar-refractivity contribution in [2.45, 2.75) is 85.8 Å². The summed E-state index contributed by atoms with van der Waals surface area (Å²) in [5.41, 5.74) is 0.540. The van der Waals surface area contributed by atoms with Crippen molar-refractivity contribution in [3.8, 4) is 0 Å². The van der Waals surface area contributed by atoms with Gasteiger partial charge in [0.05, 0.1) is 10.6 Å². The third kappa shape index (κ3) is 5.41. The second kappa shape index (κ2) is 10.4. The molecule has 2 amide bonds. The van der Waals surface area contributed by atoms with Crippen LogP contribution in [0.15, 0.2) is 28.0 Å². The van der Waals surface area contributed by atoms with Crippen molar-refractivity contribution in [2.24, 2.45) is 0 Å². The molecule has 0 unspecified atom stereocenters. The highest BCUT2D eigenvalue weighted by molar-refractivity contribution is 8.00. The molecule has 1 saturated carbocycles. The molecule has 0 bridgehead atoms. The van der Waals surface area contributed by atoms with Crippen LogP contribution in [0.5, 0.6) is 0 Å². The Labute approximate surface area is 201 Å². The van der Waals surface area contributed by atoms with E-state index in [2.05, 4.69) is 0 Å². The minimum absolute atomic E-state index is 0.0528. The van der Waals surface area contributed by atoms with Gasteiger partial charge in [-0.2, -0.15) is 4.31 Å². The van der Waals surface area contributed by atoms with E-state index < -0.39 is 10.0 Å². The number of piperidine rings is 1. The first kappa shape index (κ1) is 24.5. The van der Waals surface area contributed by atoms with E-state index >= 15 is 0 Å². The van der Waals surface area contributed by atoms with Crippen LogP contribution in [0.1, 0.15) is 64.7 Å². The maximum absolute atomic E-state index is 13.3. The summed E-state index contributed by atoms with van der Waals surface area (Å²) in [7, 11) is -1.80. The second-order valence-electron chi connectivity index (χ2n) is 9.50. The molecule has 1 aromatic rings. The summed E-state index contributed by atoms with van der Waals surface area (Å²) >= 11 is 1.56. The minimum atomic E-state index is -3.63. The van der Waals surface area contributed by atoms with Crippen molar-refractivity contribution < 1.29 is 18.0 Å². The summed E-state index contributed by atoms with van der Waals surface area (Å²) in [6.07, 6.45) is 8.54. The van der Waals surface area contributed by atoms with Gasteiger partial charge in [-0.15, -0.1) is 11.8 Å². The molecule has 0 aromatic heterocycles. The number of hydrogen-bond acceptors (Lipinski definition) is 5. The lowest BCUT2D eigenvalue weighted by atomic mass is 9.94. The quantitative estimate of drug-likeness (QED) is 0.622. The second-order valence-corrected chi connectivity index (χ2v) is 12.9. The topological polar surface area (TPSA) is 78.0 Å². The number of anilines is 1. The van der Waals surface area contributed by atoms with Gasteiger partial charge in [0.25, 0.3) is 0 Å². The third-order valence-corrected chi connectivity index (χ3v) is 10.1. The molecule has 2 heterocycles. The molecular formula is C24H35N3O4S2. The summed E-state index contributed by atoms with van der Waals surface area (Å²) in [5, 5.41) is 0.0528. The molecule has 182 valence electrons. The summed E-state index contributed by atoms with van der Waals surface area (Å²) in [4.78, 5) is 30.7. The number of thioether (sulfide) groups is 1. The normalized spacial score (nSPS) is 23.2. The number of hydrogen-bond donors (Lipinski definition) is 0. The number of likely N-dealkylation sites (N-methyl/N-ethyl adjacent to an activating group) is 1. The Morgan fingerprint density at radius 3 is 2.45 bits per heavy atom. The van der Waals surface area contributed by atoms with E-state index in [0.717, 1.165) is 49.8 Å². The van der Waals surface area contributed by atoms with Crippen LogP contribution in [0.25, 0.3) is 0 Å². The van der Waals surface area contributed by atoms with E-state index in [1.165, 1.54) is 11.3 Å². The smallest absolute Gasteiger partial charge is 0.243 e. The maximum atomic E-state index is 13.3. The van der Waals surface area contributed by atoms with Crippen LogP contribution in [-0.2, 0) is 19.6 Å². The maximum Gasteiger partial charge on any atom is 0.243 e. The molecule has 0 spiro atoms. The molecule has 33 heavy (non-hydrogen) atoms. The van der Waals surface area contributed by atoms with E-state index in [9.17, 15) is 18.0 Å². The van der Waals surface area contributed by atoms with Crippen LogP contribution in [-0.4, -0.2) is 67.4 Å². The van der Waals surface area contributed by atoms with Crippen molar-refractivity contribution in [1.82, 2.24) is 9.21 Å². The number of fused-ring (bicyclic) bond motifs is 1. The van der Waals surface area contributed by atoms with Crippen molar-refractivity contribution in [1.29, 1.82) is 0 Å². The largest absolute Gasteiger partial charge is 0.341 e. The summed E-state index contributed by atoms with van der Waals surface area (Å²) in [6, 6.07) is 5.27.